The number of nitrogens with two attached hydrogens (primary N) is 1. The Hall–Kier alpha value is -3.13. The number of para-hydroxylation sites is 1. The van der Waals surface area contributed by atoms with Crippen LogP contribution >= 0.6 is 11.8 Å². The SMILES string of the molecule is COC(=O)c1ccc2c(=O)[nH]c(CSC(N)=Nc3ccccc3)nc2c1. The minimum Gasteiger partial charge on any atom is -0.465 e. The van der Waals surface area contributed by atoms with E-state index in [0.717, 1.165) is 5.69 Å². The summed E-state index contributed by atoms with van der Waals surface area (Å²) < 4.78 is 4.69. The number of ether oxygens (including phenoxy) is 1. The van der Waals surface area contributed by atoms with E-state index in [4.69, 9.17) is 10.5 Å². The number of hydrogen-bond donors (Lipinski definition) is 2. The molecule has 3 rings (SSSR count). The molecule has 3 aromatic rings. The van der Waals surface area contributed by atoms with Crippen molar-refractivity contribution in [1.82, 2.24) is 9.97 Å². The molecule has 0 aliphatic heterocycles. The zero-order chi connectivity index (χ0) is 18.5. The van der Waals surface area contributed by atoms with E-state index in [1.54, 1.807) is 6.07 Å². The van der Waals surface area contributed by atoms with Crippen LogP contribution in [0.3, 0.4) is 0 Å². The summed E-state index contributed by atoms with van der Waals surface area (Å²) in [5.74, 6) is 0.306. The van der Waals surface area contributed by atoms with Gasteiger partial charge < -0.3 is 15.5 Å². The van der Waals surface area contributed by atoms with Gasteiger partial charge in [0.05, 0.1) is 35.0 Å². The molecular weight excluding hydrogens is 352 g/mol. The highest BCUT2D eigenvalue weighted by atomic mass is 32.2. The average molecular weight is 368 g/mol. The summed E-state index contributed by atoms with van der Waals surface area (Å²) in [6, 6.07) is 14.0. The maximum Gasteiger partial charge on any atom is 0.337 e. The van der Waals surface area contributed by atoms with Gasteiger partial charge in [0.2, 0.25) is 0 Å². The van der Waals surface area contributed by atoms with E-state index in [9.17, 15) is 9.59 Å². The van der Waals surface area contributed by atoms with Crippen molar-refractivity contribution >= 4 is 39.5 Å². The molecule has 7 nitrogen and oxygen atoms in total. The molecule has 0 saturated heterocycles. The summed E-state index contributed by atoms with van der Waals surface area (Å²) in [5.41, 5.74) is 7.15. The number of aromatic amines is 1. The number of aliphatic imine (C=N–C) groups is 1. The number of H-pyrrole nitrogens is 1. The van der Waals surface area contributed by atoms with Crippen LogP contribution < -0.4 is 11.3 Å². The third-order valence-electron chi connectivity index (χ3n) is 3.53. The first-order valence-corrected chi connectivity index (χ1v) is 8.68. The van der Waals surface area contributed by atoms with Crippen LogP contribution in [0.1, 0.15) is 16.2 Å². The number of nitrogens with zero attached hydrogens (tertiary/aromatic N) is 2. The van der Waals surface area contributed by atoms with Crippen LogP contribution in [0.25, 0.3) is 10.9 Å². The van der Waals surface area contributed by atoms with Crippen molar-refractivity contribution in [2.24, 2.45) is 10.7 Å². The highest BCUT2D eigenvalue weighted by Crippen LogP contribution is 2.16. The predicted molar refractivity (Wildman–Crippen MR) is 103 cm³/mol. The Morgan fingerprint density at radius 3 is 2.77 bits per heavy atom. The van der Waals surface area contributed by atoms with E-state index in [-0.39, 0.29) is 5.56 Å². The third-order valence-corrected chi connectivity index (χ3v) is 4.33. The minimum atomic E-state index is -0.482. The van der Waals surface area contributed by atoms with Crippen molar-refractivity contribution < 1.29 is 9.53 Å². The molecule has 132 valence electrons. The molecule has 0 spiro atoms. The summed E-state index contributed by atoms with van der Waals surface area (Å²) in [4.78, 5) is 35.2. The number of aromatic nitrogens is 2. The van der Waals surface area contributed by atoms with Crippen LogP contribution in [0.5, 0.6) is 0 Å². The molecule has 0 aliphatic rings. The topological polar surface area (TPSA) is 110 Å². The second-order valence-electron chi connectivity index (χ2n) is 5.31. The van der Waals surface area contributed by atoms with Gasteiger partial charge in [0.15, 0.2) is 5.17 Å². The van der Waals surface area contributed by atoms with Gasteiger partial charge in [-0.1, -0.05) is 30.0 Å². The van der Waals surface area contributed by atoms with Crippen molar-refractivity contribution in [2.75, 3.05) is 7.11 Å². The number of rotatable bonds is 4. The van der Waals surface area contributed by atoms with E-state index in [2.05, 4.69) is 15.0 Å². The Morgan fingerprint density at radius 1 is 1.27 bits per heavy atom. The fourth-order valence-corrected chi connectivity index (χ4v) is 2.90. The number of esters is 1. The number of amidine groups is 1. The molecule has 0 unspecified atom stereocenters. The Labute approximate surface area is 153 Å². The smallest absolute Gasteiger partial charge is 0.337 e. The molecule has 0 radical (unpaired) electrons. The molecule has 0 fully saturated rings. The number of benzene rings is 2. The minimum absolute atomic E-state index is 0.277. The number of nitrogens with one attached hydrogen (secondary N) is 1. The molecule has 3 N–H and O–H groups in total. The van der Waals surface area contributed by atoms with E-state index in [1.807, 2.05) is 30.3 Å². The van der Waals surface area contributed by atoms with Gasteiger partial charge in [0.1, 0.15) is 5.82 Å². The maximum atomic E-state index is 12.2. The van der Waals surface area contributed by atoms with Gasteiger partial charge in [0.25, 0.3) is 5.56 Å². The van der Waals surface area contributed by atoms with Crippen LogP contribution in [0.2, 0.25) is 0 Å². The average Bonchev–Trinajstić information content (AvgIpc) is 2.66. The lowest BCUT2D eigenvalue weighted by molar-refractivity contribution is 0.0601. The van der Waals surface area contributed by atoms with E-state index < -0.39 is 5.97 Å². The normalized spacial score (nSPS) is 11.5. The Balaban J connectivity index is 1.82. The summed E-state index contributed by atoms with van der Waals surface area (Å²) in [6.45, 7) is 0. The molecule has 0 bridgehead atoms. The quantitative estimate of drug-likeness (QED) is 0.416. The predicted octanol–water partition coefficient (Wildman–Crippen LogP) is 2.59. The van der Waals surface area contributed by atoms with Gasteiger partial charge in [-0.15, -0.1) is 0 Å². The highest BCUT2D eigenvalue weighted by Gasteiger charge is 2.10. The van der Waals surface area contributed by atoms with Gasteiger partial charge in [-0.05, 0) is 30.3 Å². The number of methoxy groups -OCH3 is 1. The van der Waals surface area contributed by atoms with E-state index >= 15 is 0 Å². The lowest BCUT2D eigenvalue weighted by atomic mass is 10.1. The molecule has 0 amide bonds. The molecule has 1 heterocycles. The Morgan fingerprint density at radius 2 is 2.04 bits per heavy atom. The monoisotopic (exact) mass is 368 g/mol. The van der Waals surface area contributed by atoms with Crippen molar-refractivity contribution in [3.8, 4) is 0 Å². The van der Waals surface area contributed by atoms with Gasteiger partial charge in [-0.2, -0.15) is 0 Å². The molecule has 0 saturated carbocycles. The van der Waals surface area contributed by atoms with Crippen LogP contribution in [0.4, 0.5) is 5.69 Å². The van der Waals surface area contributed by atoms with Crippen molar-refractivity contribution in [1.29, 1.82) is 0 Å². The summed E-state index contributed by atoms with van der Waals surface area (Å²) >= 11 is 1.26. The number of carbonyl (C=O) groups excluding carboxylic acids is 1. The van der Waals surface area contributed by atoms with Crippen LogP contribution in [0.15, 0.2) is 58.3 Å². The standard InChI is InChI=1S/C18H16N4O3S/c1-25-17(24)11-7-8-13-14(9-11)21-15(22-16(13)23)10-26-18(19)20-12-5-3-2-4-6-12/h2-9H,10H2,1H3,(H2,19,20)(H,21,22,23). The molecule has 8 heteroatoms. The maximum absolute atomic E-state index is 12.2. The first kappa shape index (κ1) is 17.7. The molecule has 1 aromatic heterocycles. The number of fused-ring (bicyclic) bond motifs is 1. The second kappa shape index (κ2) is 7.83. The Kier molecular flexibility index (Phi) is 5.33. The van der Waals surface area contributed by atoms with Gasteiger partial charge in [0, 0.05) is 0 Å². The lowest BCUT2D eigenvalue weighted by Gasteiger charge is -2.05. The van der Waals surface area contributed by atoms with Crippen LogP contribution in [-0.4, -0.2) is 28.2 Å². The largest absolute Gasteiger partial charge is 0.465 e. The summed E-state index contributed by atoms with van der Waals surface area (Å²) in [6.07, 6.45) is 0. The summed E-state index contributed by atoms with van der Waals surface area (Å²) in [7, 11) is 1.30. The lowest BCUT2D eigenvalue weighted by Crippen LogP contribution is -2.13. The van der Waals surface area contributed by atoms with Crippen molar-refractivity contribution in [3.63, 3.8) is 0 Å². The molecule has 26 heavy (non-hydrogen) atoms. The van der Waals surface area contributed by atoms with Crippen LogP contribution in [-0.2, 0) is 10.5 Å². The zero-order valence-electron chi connectivity index (χ0n) is 13.9. The Bertz CT molecular complexity index is 1030. The third kappa shape index (κ3) is 4.09. The molecule has 0 aliphatic carbocycles. The number of thioether (sulfide) groups is 1. The first-order chi connectivity index (χ1) is 12.6. The molecule has 0 atom stereocenters. The molecule has 2 aromatic carbocycles. The fraction of sp³-hybridized carbons (Fsp3) is 0.111. The van der Waals surface area contributed by atoms with E-state index in [1.165, 1.54) is 31.0 Å². The molecular formula is C18H16N4O3S. The van der Waals surface area contributed by atoms with Gasteiger partial charge in [-0.3, -0.25) is 4.79 Å². The van der Waals surface area contributed by atoms with Crippen molar-refractivity contribution in [3.05, 3.63) is 70.3 Å². The van der Waals surface area contributed by atoms with Crippen molar-refractivity contribution in [2.45, 2.75) is 5.75 Å². The zero-order valence-corrected chi connectivity index (χ0v) is 14.7. The number of carbonyl (C=O) groups is 1. The first-order valence-electron chi connectivity index (χ1n) is 7.70. The van der Waals surface area contributed by atoms with Gasteiger partial charge >= 0.3 is 5.97 Å². The highest BCUT2D eigenvalue weighted by molar-refractivity contribution is 8.13. The van der Waals surface area contributed by atoms with Crippen LogP contribution in [0, 0.1) is 0 Å². The van der Waals surface area contributed by atoms with E-state index in [0.29, 0.717) is 33.2 Å². The summed E-state index contributed by atoms with van der Waals surface area (Å²) in [5, 5.41) is 0.764. The fourth-order valence-electron chi connectivity index (χ4n) is 2.31. The van der Waals surface area contributed by atoms with Gasteiger partial charge in [-0.25, -0.2) is 14.8 Å². The second-order valence-corrected chi connectivity index (χ2v) is 6.31. The number of hydrogen-bond acceptors (Lipinski definition) is 6.